The quantitative estimate of drug-likeness (QED) is 0.391. The summed E-state index contributed by atoms with van der Waals surface area (Å²) in [6, 6.07) is 15.0. The van der Waals surface area contributed by atoms with Gasteiger partial charge in [0, 0.05) is 30.5 Å². The van der Waals surface area contributed by atoms with Gasteiger partial charge < -0.3 is 19.1 Å². The summed E-state index contributed by atoms with van der Waals surface area (Å²) in [4.78, 5) is 31.3. The Morgan fingerprint density at radius 2 is 1.77 bits per heavy atom. The van der Waals surface area contributed by atoms with Crippen molar-refractivity contribution in [2.75, 3.05) is 40.0 Å². The Morgan fingerprint density at radius 1 is 1.06 bits per heavy atom. The van der Waals surface area contributed by atoms with E-state index in [9.17, 15) is 9.59 Å². The minimum absolute atomic E-state index is 0.0120. The molecule has 1 aliphatic rings. The lowest BCUT2D eigenvalue weighted by Gasteiger charge is -2.26. The van der Waals surface area contributed by atoms with Crippen LogP contribution in [0.25, 0.3) is 16.2 Å². The fourth-order valence-corrected chi connectivity index (χ4v) is 4.63. The third-order valence-corrected chi connectivity index (χ3v) is 6.57. The molecule has 0 N–H and O–H groups in total. The molecule has 1 aliphatic heterocycles. The summed E-state index contributed by atoms with van der Waals surface area (Å²) in [6.07, 6.45) is 0.373. The van der Waals surface area contributed by atoms with Crippen LogP contribution in [0.2, 0.25) is 0 Å². The molecule has 0 bridgehead atoms. The Bertz CT molecular complexity index is 1380. The molecule has 9 nitrogen and oxygen atoms in total. The van der Waals surface area contributed by atoms with Gasteiger partial charge in [0.25, 0.3) is 11.5 Å². The monoisotopic (exact) mass is 492 g/mol. The zero-order valence-electron chi connectivity index (χ0n) is 19.2. The second kappa shape index (κ2) is 10.2. The Kier molecular flexibility index (Phi) is 6.73. The van der Waals surface area contributed by atoms with Gasteiger partial charge in [0.2, 0.25) is 4.96 Å². The number of aromatic nitrogens is 3. The predicted molar refractivity (Wildman–Crippen MR) is 131 cm³/mol. The number of hydrogen-bond acceptors (Lipinski definition) is 8. The lowest BCUT2D eigenvalue weighted by atomic mass is 10.1. The first-order chi connectivity index (χ1) is 17.1. The molecule has 4 aromatic rings. The van der Waals surface area contributed by atoms with Crippen molar-refractivity contribution in [1.29, 1.82) is 0 Å². The fourth-order valence-electron chi connectivity index (χ4n) is 3.81. The molecule has 0 unspecified atom stereocenters. The lowest BCUT2D eigenvalue weighted by Crippen LogP contribution is -2.42. The molecule has 0 atom stereocenters. The molecule has 3 heterocycles. The summed E-state index contributed by atoms with van der Waals surface area (Å²) >= 11 is 1.36. The smallest absolute Gasteiger partial charge is 0.296 e. The van der Waals surface area contributed by atoms with Gasteiger partial charge in [-0.25, -0.2) is 4.52 Å². The Balaban J connectivity index is 1.32. The van der Waals surface area contributed by atoms with Crippen LogP contribution in [0, 0.1) is 0 Å². The second-order valence-corrected chi connectivity index (χ2v) is 8.85. The van der Waals surface area contributed by atoms with Crippen molar-refractivity contribution in [2.45, 2.75) is 6.42 Å². The first-order valence-corrected chi connectivity index (χ1v) is 12.1. The Labute approximate surface area is 205 Å². The van der Waals surface area contributed by atoms with E-state index < -0.39 is 0 Å². The molecular weight excluding hydrogens is 468 g/mol. The third kappa shape index (κ3) is 5.18. The first kappa shape index (κ1) is 23.0. The SMILES string of the molecule is COc1ccc(Cc2nn3c(-c4ccc(OCC(=O)N5CCOCC5)cc4)csc3nc2=O)cc1. The average Bonchev–Trinajstić information content (AvgIpc) is 3.31. The first-order valence-electron chi connectivity index (χ1n) is 11.2. The van der Waals surface area contributed by atoms with Gasteiger partial charge in [-0.2, -0.15) is 10.1 Å². The van der Waals surface area contributed by atoms with Crippen LogP contribution in [0.4, 0.5) is 0 Å². The topological polar surface area (TPSA) is 95.3 Å². The standard InChI is InChI=1S/C25H24N4O5S/c1-32-19-6-2-17(3-7-19)14-21-24(31)26-25-29(27-21)22(16-35-25)18-4-8-20(9-5-18)34-15-23(30)28-10-12-33-13-11-28/h2-9,16H,10-15H2,1H3. The molecule has 2 aromatic carbocycles. The van der Waals surface area contributed by atoms with Crippen molar-refractivity contribution in [3.8, 4) is 22.8 Å². The van der Waals surface area contributed by atoms with Gasteiger partial charge in [0.05, 0.1) is 26.0 Å². The number of methoxy groups -OCH3 is 1. The van der Waals surface area contributed by atoms with Crippen LogP contribution in [0.15, 0.2) is 58.7 Å². The maximum Gasteiger partial charge on any atom is 0.296 e. The van der Waals surface area contributed by atoms with Gasteiger partial charge in [-0.15, -0.1) is 11.3 Å². The van der Waals surface area contributed by atoms with E-state index in [0.717, 1.165) is 22.6 Å². The van der Waals surface area contributed by atoms with Crippen LogP contribution in [0.3, 0.4) is 0 Å². The summed E-state index contributed by atoms with van der Waals surface area (Å²) in [5.74, 6) is 1.31. The third-order valence-electron chi connectivity index (χ3n) is 5.76. The Hall–Kier alpha value is -3.76. The van der Waals surface area contributed by atoms with Crippen molar-refractivity contribution in [3.05, 3.63) is 75.5 Å². The number of benzene rings is 2. The van der Waals surface area contributed by atoms with Gasteiger partial charge in [-0.3, -0.25) is 9.59 Å². The summed E-state index contributed by atoms with van der Waals surface area (Å²) in [5.41, 5.74) is 2.71. The van der Waals surface area contributed by atoms with Crippen molar-refractivity contribution in [2.24, 2.45) is 0 Å². The number of thiazole rings is 1. The van der Waals surface area contributed by atoms with Crippen molar-refractivity contribution >= 4 is 22.2 Å². The van der Waals surface area contributed by atoms with E-state index >= 15 is 0 Å². The van der Waals surface area contributed by atoms with E-state index in [1.165, 1.54) is 11.3 Å². The van der Waals surface area contributed by atoms with Gasteiger partial charge >= 0.3 is 0 Å². The largest absolute Gasteiger partial charge is 0.497 e. The van der Waals surface area contributed by atoms with Gasteiger partial charge in [0.15, 0.2) is 6.61 Å². The highest BCUT2D eigenvalue weighted by molar-refractivity contribution is 7.15. The second-order valence-electron chi connectivity index (χ2n) is 8.01. The highest BCUT2D eigenvalue weighted by atomic mass is 32.1. The molecular formula is C25H24N4O5S. The van der Waals surface area contributed by atoms with Crippen LogP contribution in [-0.2, 0) is 16.0 Å². The lowest BCUT2D eigenvalue weighted by molar-refractivity contribution is -0.137. The number of morpholine rings is 1. The summed E-state index contributed by atoms with van der Waals surface area (Å²) in [6.45, 7) is 2.30. The van der Waals surface area contributed by atoms with Gasteiger partial charge in [0.1, 0.15) is 17.2 Å². The number of nitrogens with zero attached hydrogens (tertiary/aromatic N) is 4. The minimum atomic E-state index is -0.331. The molecule has 0 radical (unpaired) electrons. The van der Waals surface area contributed by atoms with Crippen LogP contribution in [0.1, 0.15) is 11.3 Å². The van der Waals surface area contributed by atoms with Crippen molar-refractivity contribution in [1.82, 2.24) is 19.5 Å². The molecule has 5 rings (SSSR count). The maximum absolute atomic E-state index is 12.5. The molecule has 1 amide bonds. The molecule has 0 saturated carbocycles. The number of carbonyl (C=O) groups is 1. The molecule has 180 valence electrons. The minimum Gasteiger partial charge on any atom is -0.497 e. The zero-order valence-corrected chi connectivity index (χ0v) is 20.0. The average molecular weight is 493 g/mol. The van der Waals surface area contributed by atoms with Crippen molar-refractivity contribution < 1.29 is 19.0 Å². The molecule has 10 heteroatoms. The number of fused-ring (bicyclic) bond motifs is 1. The summed E-state index contributed by atoms with van der Waals surface area (Å²) in [5, 5.41) is 6.53. The van der Waals surface area contributed by atoms with Gasteiger partial charge in [-0.1, -0.05) is 12.1 Å². The summed E-state index contributed by atoms with van der Waals surface area (Å²) < 4.78 is 17.9. The molecule has 2 aromatic heterocycles. The zero-order chi connectivity index (χ0) is 24.2. The molecule has 0 aliphatic carbocycles. The number of hydrogen-bond donors (Lipinski definition) is 0. The van der Waals surface area contributed by atoms with Crippen LogP contribution in [0.5, 0.6) is 11.5 Å². The maximum atomic E-state index is 12.5. The molecule has 0 spiro atoms. The van der Waals surface area contributed by atoms with E-state index in [4.69, 9.17) is 14.2 Å². The number of amides is 1. The van der Waals surface area contributed by atoms with Crippen LogP contribution in [-0.4, -0.2) is 65.4 Å². The van der Waals surface area contributed by atoms with Gasteiger partial charge in [-0.05, 0) is 42.0 Å². The fraction of sp³-hybridized carbons (Fsp3) is 0.280. The highest BCUT2D eigenvalue weighted by Crippen LogP contribution is 2.26. The predicted octanol–water partition coefficient (Wildman–Crippen LogP) is 2.66. The van der Waals surface area contributed by atoms with E-state index in [-0.39, 0.29) is 18.1 Å². The highest BCUT2D eigenvalue weighted by Gasteiger charge is 2.17. The van der Waals surface area contributed by atoms with Crippen molar-refractivity contribution in [3.63, 3.8) is 0 Å². The summed E-state index contributed by atoms with van der Waals surface area (Å²) in [7, 11) is 1.61. The van der Waals surface area contributed by atoms with E-state index in [2.05, 4.69) is 10.1 Å². The van der Waals surface area contributed by atoms with E-state index in [1.807, 2.05) is 53.9 Å². The number of carbonyl (C=O) groups excluding carboxylic acids is 1. The molecule has 35 heavy (non-hydrogen) atoms. The van der Waals surface area contributed by atoms with Crippen LogP contribution >= 0.6 is 11.3 Å². The number of rotatable bonds is 7. The van der Waals surface area contributed by atoms with E-state index in [1.54, 1.807) is 16.5 Å². The molecule has 1 fully saturated rings. The molecule has 1 saturated heterocycles. The van der Waals surface area contributed by atoms with E-state index in [0.29, 0.717) is 49.1 Å². The van der Waals surface area contributed by atoms with Crippen LogP contribution < -0.4 is 15.0 Å². The Morgan fingerprint density at radius 3 is 2.49 bits per heavy atom. The number of ether oxygens (including phenoxy) is 3. The normalized spacial score (nSPS) is 13.7.